The highest BCUT2D eigenvalue weighted by molar-refractivity contribution is 5.13. The van der Waals surface area contributed by atoms with Crippen molar-refractivity contribution in [3.63, 3.8) is 0 Å². The maximum atomic E-state index is 6.04. The normalized spacial score (nSPS) is 24.8. The van der Waals surface area contributed by atoms with Crippen LogP contribution in [0.1, 0.15) is 44.1 Å². The molecule has 1 aromatic rings. The molecule has 1 saturated heterocycles. The summed E-state index contributed by atoms with van der Waals surface area (Å²) in [6.07, 6.45) is 6.02. The van der Waals surface area contributed by atoms with E-state index >= 15 is 0 Å². The largest absolute Gasteiger partial charge is 0.328 e. The summed E-state index contributed by atoms with van der Waals surface area (Å²) in [6, 6.07) is 0.614. The van der Waals surface area contributed by atoms with Crippen molar-refractivity contribution >= 4 is 0 Å². The Hall–Kier alpha value is -1.00. The Morgan fingerprint density at radius 2 is 2.06 bits per heavy atom. The number of nitrogens with zero attached hydrogens (tertiary/aromatic N) is 3. The minimum atomic E-state index is 0.281. The molecule has 1 aliphatic heterocycles. The number of hydrogen-bond acceptors (Lipinski definition) is 4. The first-order chi connectivity index (χ1) is 8.59. The third kappa shape index (κ3) is 2.87. The van der Waals surface area contributed by atoms with Gasteiger partial charge in [0.1, 0.15) is 0 Å². The summed E-state index contributed by atoms with van der Waals surface area (Å²) in [7, 11) is 0. The van der Waals surface area contributed by atoms with Gasteiger partial charge in [-0.25, -0.2) is 0 Å². The summed E-state index contributed by atoms with van der Waals surface area (Å²) < 4.78 is 0. The lowest BCUT2D eigenvalue weighted by atomic mass is 9.91. The van der Waals surface area contributed by atoms with Gasteiger partial charge in [0.15, 0.2) is 0 Å². The van der Waals surface area contributed by atoms with E-state index in [1.807, 2.05) is 6.92 Å². The van der Waals surface area contributed by atoms with Gasteiger partial charge in [-0.2, -0.15) is 0 Å². The van der Waals surface area contributed by atoms with Crippen LogP contribution in [0.15, 0.2) is 12.4 Å². The minimum absolute atomic E-state index is 0.281. The molecule has 3 unspecified atom stereocenters. The van der Waals surface area contributed by atoms with Crippen LogP contribution in [0.25, 0.3) is 0 Å². The van der Waals surface area contributed by atoms with Gasteiger partial charge >= 0.3 is 0 Å². The molecule has 0 spiro atoms. The topological polar surface area (TPSA) is 55.0 Å². The van der Waals surface area contributed by atoms with Crippen LogP contribution in [-0.2, 0) is 0 Å². The Kier molecular flexibility index (Phi) is 4.30. The van der Waals surface area contributed by atoms with E-state index in [9.17, 15) is 0 Å². The molecular formula is C14H24N4. The van der Waals surface area contributed by atoms with Gasteiger partial charge in [0, 0.05) is 25.0 Å². The van der Waals surface area contributed by atoms with Gasteiger partial charge in [-0.1, -0.05) is 0 Å². The van der Waals surface area contributed by atoms with Crippen molar-refractivity contribution in [2.24, 2.45) is 11.7 Å². The number of piperidine rings is 1. The van der Waals surface area contributed by atoms with Crippen LogP contribution in [0.5, 0.6) is 0 Å². The van der Waals surface area contributed by atoms with Crippen molar-refractivity contribution in [3.8, 4) is 0 Å². The molecule has 0 amide bonds. The highest BCUT2D eigenvalue weighted by Gasteiger charge is 2.27. The zero-order valence-electron chi connectivity index (χ0n) is 11.6. The zero-order valence-corrected chi connectivity index (χ0v) is 11.6. The van der Waals surface area contributed by atoms with Crippen LogP contribution >= 0.6 is 0 Å². The van der Waals surface area contributed by atoms with Crippen LogP contribution in [0.2, 0.25) is 0 Å². The molecular weight excluding hydrogens is 224 g/mol. The molecule has 4 nitrogen and oxygen atoms in total. The predicted molar refractivity (Wildman–Crippen MR) is 73.1 cm³/mol. The Balaban J connectivity index is 2.09. The second kappa shape index (κ2) is 5.76. The van der Waals surface area contributed by atoms with E-state index in [1.54, 1.807) is 12.4 Å². The van der Waals surface area contributed by atoms with Crippen LogP contribution in [-0.4, -0.2) is 34.0 Å². The van der Waals surface area contributed by atoms with Crippen molar-refractivity contribution in [3.05, 3.63) is 23.8 Å². The summed E-state index contributed by atoms with van der Waals surface area (Å²) in [5.74, 6) is 0.609. The standard InChI is InChI=1S/C14H24N4/c1-10(15)13-5-4-8-18(9-13)12(3)14-11(2)16-6-7-17-14/h6-7,10,12-13H,4-5,8-9,15H2,1-3H3. The monoisotopic (exact) mass is 248 g/mol. The molecule has 0 aromatic carbocycles. The average Bonchev–Trinajstić information content (AvgIpc) is 2.38. The first-order valence-electron chi connectivity index (χ1n) is 6.86. The fourth-order valence-corrected chi connectivity index (χ4v) is 2.82. The molecule has 18 heavy (non-hydrogen) atoms. The van der Waals surface area contributed by atoms with Gasteiger partial charge in [0.25, 0.3) is 0 Å². The third-order valence-electron chi connectivity index (χ3n) is 4.10. The summed E-state index contributed by atoms with van der Waals surface area (Å²) >= 11 is 0. The van der Waals surface area contributed by atoms with Gasteiger partial charge in [0.2, 0.25) is 0 Å². The lowest BCUT2D eigenvalue weighted by molar-refractivity contribution is 0.119. The zero-order chi connectivity index (χ0) is 13.1. The lowest BCUT2D eigenvalue weighted by Gasteiger charge is -2.38. The van der Waals surface area contributed by atoms with Crippen LogP contribution < -0.4 is 5.73 Å². The summed E-state index contributed by atoms with van der Waals surface area (Å²) in [5, 5.41) is 0. The van der Waals surface area contributed by atoms with E-state index < -0.39 is 0 Å². The lowest BCUT2D eigenvalue weighted by Crippen LogP contribution is -2.43. The quantitative estimate of drug-likeness (QED) is 0.887. The van der Waals surface area contributed by atoms with E-state index in [2.05, 4.69) is 28.7 Å². The van der Waals surface area contributed by atoms with Crippen molar-refractivity contribution in [2.75, 3.05) is 13.1 Å². The van der Waals surface area contributed by atoms with Gasteiger partial charge in [-0.3, -0.25) is 14.9 Å². The number of rotatable bonds is 3. The first-order valence-corrected chi connectivity index (χ1v) is 6.86. The molecule has 0 saturated carbocycles. The minimum Gasteiger partial charge on any atom is -0.328 e. The molecule has 1 aliphatic rings. The second-order valence-electron chi connectivity index (χ2n) is 5.46. The highest BCUT2D eigenvalue weighted by Crippen LogP contribution is 2.27. The molecule has 2 rings (SSSR count). The van der Waals surface area contributed by atoms with Gasteiger partial charge in [-0.15, -0.1) is 0 Å². The molecule has 1 fully saturated rings. The summed E-state index contributed by atoms with van der Waals surface area (Å²) in [6.45, 7) is 8.59. The maximum Gasteiger partial charge on any atom is 0.0784 e. The molecule has 1 aromatic heterocycles. The Morgan fingerprint density at radius 1 is 1.33 bits per heavy atom. The van der Waals surface area contributed by atoms with Gasteiger partial charge in [-0.05, 0) is 46.1 Å². The Bertz CT molecular complexity index is 391. The number of aryl methyl sites for hydroxylation is 1. The van der Waals surface area contributed by atoms with Crippen LogP contribution in [0, 0.1) is 12.8 Å². The average molecular weight is 248 g/mol. The van der Waals surface area contributed by atoms with E-state index in [0.29, 0.717) is 12.0 Å². The van der Waals surface area contributed by atoms with Crippen molar-refractivity contribution < 1.29 is 0 Å². The van der Waals surface area contributed by atoms with Crippen molar-refractivity contribution in [1.82, 2.24) is 14.9 Å². The smallest absolute Gasteiger partial charge is 0.0784 e. The highest BCUT2D eigenvalue weighted by atomic mass is 15.2. The number of likely N-dealkylation sites (tertiary alicyclic amines) is 1. The third-order valence-corrected chi connectivity index (χ3v) is 4.10. The van der Waals surface area contributed by atoms with E-state index in [-0.39, 0.29) is 6.04 Å². The fourth-order valence-electron chi connectivity index (χ4n) is 2.82. The predicted octanol–water partition coefficient (Wildman–Crippen LogP) is 1.91. The molecule has 4 heteroatoms. The molecule has 0 aliphatic carbocycles. The summed E-state index contributed by atoms with van der Waals surface area (Å²) in [4.78, 5) is 11.3. The molecule has 0 radical (unpaired) electrons. The van der Waals surface area contributed by atoms with E-state index in [0.717, 1.165) is 24.5 Å². The molecule has 2 heterocycles. The maximum absolute atomic E-state index is 6.04. The number of nitrogens with two attached hydrogens (primary N) is 1. The molecule has 100 valence electrons. The van der Waals surface area contributed by atoms with Crippen molar-refractivity contribution in [2.45, 2.75) is 45.7 Å². The Morgan fingerprint density at radius 3 is 2.72 bits per heavy atom. The molecule has 2 N–H and O–H groups in total. The number of aromatic nitrogens is 2. The second-order valence-corrected chi connectivity index (χ2v) is 5.46. The van der Waals surface area contributed by atoms with E-state index in [4.69, 9.17) is 5.73 Å². The van der Waals surface area contributed by atoms with Gasteiger partial charge in [0.05, 0.1) is 17.4 Å². The first kappa shape index (κ1) is 13.4. The number of hydrogen-bond donors (Lipinski definition) is 1. The van der Waals surface area contributed by atoms with E-state index in [1.165, 1.54) is 12.8 Å². The van der Waals surface area contributed by atoms with Gasteiger partial charge < -0.3 is 5.73 Å². The van der Waals surface area contributed by atoms with Crippen molar-refractivity contribution in [1.29, 1.82) is 0 Å². The fraction of sp³-hybridized carbons (Fsp3) is 0.714. The summed E-state index contributed by atoms with van der Waals surface area (Å²) in [5.41, 5.74) is 8.18. The SMILES string of the molecule is Cc1nccnc1C(C)N1CCCC(C(C)N)C1. The Labute approximate surface area is 110 Å². The molecule has 3 atom stereocenters. The van der Waals surface area contributed by atoms with Crippen LogP contribution in [0.4, 0.5) is 0 Å². The molecule has 0 bridgehead atoms. The van der Waals surface area contributed by atoms with Crippen LogP contribution in [0.3, 0.4) is 0 Å².